The van der Waals surface area contributed by atoms with E-state index in [4.69, 9.17) is 19.9 Å². The number of nitrogens with one attached hydrogen (secondary N) is 1. The van der Waals surface area contributed by atoms with E-state index in [1.165, 1.54) is 11.1 Å². The molecular formula is C24H28N4O3. The van der Waals surface area contributed by atoms with Gasteiger partial charge in [0.2, 0.25) is 5.88 Å². The Morgan fingerprint density at radius 1 is 0.935 bits per heavy atom. The Labute approximate surface area is 182 Å². The Morgan fingerprint density at radius 2 is 1.74 bits per heavy atom. The second kappa shape index (κ2) is 10.3. The molecule has 0 atom stereocenters. The van der Waals surface area contributed by atoms with Gasteiger partial charge in [-0.2, -0.15) is 0 Å². The summed E-state index contributed by atoms with van der Waals surface area (Å²) < 4.78 is 16.5. The van der Waals surface area contributed by atoms with Crippen LogP contribution in [-0.2, 0) is 13.1 Å². The Balaban J connectivity index is 1.58. The molecule has 0 fully saturated rings. The number of ether oxygens (including phenoxy) is 3. The van der Waals surface area contributed by atoms with Crippen molar-refractivity contribution in [1.29, 1.82) is 0 Å². The molecule has 7 heteroatoms. The molecule has 0 aliphatic carbocycles. The highest BCUT2D eigenvalue weighted by Crippen LogP contribution is 2.27. The van der Waals surface area contributed by atoms with Crippen LogP contribution in [0.15, 0.2) is 59.7 Å². The monoisotopic (exact) mass is 420 g/mol. The summed E-state index contributed by atoms with van der Waals surface area (Å²) in [5.74, 6) is 2.98. The number of nitrogens with zero attached hydrogens (tertiary/aromatic N) is 2. The molecule has 3 rings (SSSR count). The van der Waals surface area contributed by atoms with E-state index in [1.54, 1.807) is 20.4 Å². The van der Waals surface area contributed by atoms with Gasteiger partial charge in [0.1, 0.15) is 5.75 Å². The summed E-state index contributed by atoms with van der Waals surface area (Å²) in [6.45, 7) is 5.06. The lowest BCUT2D eigenvalue weighted by atomic mass is 10.1. The molecule has 3 N–H and O–H groups in total. The standard InChI is InChI=1S/C24H28N4O3/c1-16-5-7-20(11-17(16)2)31-23-13-19(9-10-26-23)15-28-24(25)27-14-18-6-8-21(29-3)22(12-18)30-4/h5-13H,14-15H2,1-4H3,(H3,25,27,28). The van der Waals surface area contributed by atoms with Gasteiger partial charge in [0.15, 0.2) is 17.5 Å². The summed E-state index contributed by atoms with van der Waals surface area (Å²) in [6, 6.07) is 15.4. The Kier molecular flexibility index (Phi) is 7.32. The minimum Gasteiger partial charge on any atom is -0.493 e. The van der Waals surface area contributed by atoms with Crippen LogP contribution in [0.25, 0.3) is 0 Å². The molecule has 0 spiro atoms. The highest BCUT2D eigenvalue weighted by atomic mass is 16.5. The zero-order valence-corrected chi connectivity index (χ0v) is 18.3. The minimum absolute atomic E-state index is 0.350. The van der Waals surface area contributed by atoms with Crippen LogP contribution >= 0.6 is 0 Å². The molecule has 1 aromatic heterocycles. The summed E-state index contributed by atoms with van der Waals surface area (Å²) in [5, 5.41) is 3.12. The average molecular weight is 421 g/mol. The summed E-state index contributed by atoms with van der Waals surface area (Å²) in [5.41, 5.74) is 10.4. The van der Waals surface area contributed by atoms with E-state index < -0.39 is 0 Å². The van der Waals surface area contributed by atoms with Crippen molar-refractivity contribution in [3.8, 4) is 23.1 Å². The van der Waals surface area contributed by atoms with Gasteiger partial charge in [-0.05, 0) is 66.4 Å². The fourth-order valence-corrected chi connectivity index (χ4v) is 2.92. The van der Waals surface area contributed by atoms with E-state index >= 15 is 0 Å². The predicted octanol–water partition coefficient (Wildman–Crippen LogP) is 4.11. The van der Waals surface area contributed by atoms with Gasteiger partial charge in [-0.25, -0.2) is 9.98 Å². The molecule has 0 saturated heterocycles. The number of benzene rings is 2. The molecule has 0 bridgehead atoms. The molecule has 7 nitrogen and oxygen atoms in total. The van der Waals surface area contributed by atoms with Crippen molar-refractivity contribution in [2.45, 2.75) is 26.9 Å². The first-order valence-corrected chi connectivity index (χ1v) is 9.93. The first kappa shape index (κ1) is 22.0. The summed E-state index contributed by atoms with van der Waals surface area (Å²) in [6.07, 6.45) is 1.71. The number of aromatic nitrogens is 1. The van der Waals surface area contributed by atoms with Gasteiger partial charge < -0.3 is 25.3 Å². The number of nitrogens with two attached hydrogens (primary N) is 1. The van der Waals surface area contributed by atoms with E-state index in [1.807, 2.05) is 48.5 Å². The Hall–Kier alpha value is -3.74. The first-order valence-electron chi connectivity index (χ1n) is 9.93. The molecular weight excluding hydrogens is 392 g/mol. The van der Waals surface area contributed by atoms with E-state index in [0.29, 0.717) is 36.4 Å². The molecule has 0 aliphatic heterocycles. The quantitative estimate of drug-likeness (QED) is 0.421. The van der Waals surface area contributed by atoms with Crippen molar-refractivity contribution in [3.05, 3.63) is 77.0 Å². The van der Waals surface area contributed by atoms with Gasteiger partial charge in [-0.15, -0.1) is 0 Å². The van der Waals surface area contributed by atoms with Crippen molar-refractivity contribution in [3.63, 3.8) is 0 Å². The van der Waals surface area contributed by atoms with Gasteiger partial charge in [0, 0.05) is 18.8 Å². The molecule has 0 unspecified atom stereocenters. The average Bonchev–Trinajstić information content (AvgIpc) is 2.78. The number of pyridine rings is 1. The number of aliphatic imine (C=N–C) groups is 1. The second-order valence-electron chi connectivity index (χ2n) is 7.09. The van der Waals surface area contributed by atoms with Crippen molar-refractivity contribution in [2.75, 3.05) is 14.2 Å². The highest BCUT2D eigenvalue weighted by molar-refractivity contribution is 5.77. The van der Waals surface area contributed by atoms with Crippen LogP contribution in [0.5, 0.6) is 23.1 Å². The molecule has 0 aliphatic rings. The van der Waals surface area contributed by atoms with Crippen LogP contribution in [0, 0.1) is 13.8 Å². The fraction of sp³-hybridized carbons (Fsp3) is 0.250. The minimum atomic E-state index is 0.350. The van der Waals surface area contributed by atoms with E-state index in [0.717, 1.165) is 16.9 Å². The SMILES string of the molecule is COc1ccc(CN=C(N)NCc2ccnc(Oc3ccc(C)c(C)c3)c2)cc1OC. The van der Waals surface area contributed by atoms with Crippen molar-refractivity contribution >= 4 is 5.96 Å². The fourth-order valence-electron chi connectivity index (χ4n) is 2.92. The Bertz CT molecular complexity index is 1070. The maximum atomic E-state index is 6.02. The zero-order chi connectivity index (χ0) is 22.2. The van der Waals surface area contributed by atoms with Crippen LogP contribution < -0.4 is 25.3 Å². The summed E-state index contributed by atoms with van der Waals surface area (Å²) in [7, 11) is 3.21. The number of aryl methyl sites for hydroxylation is 2. The number of hydrogen-bond acceptors (Lipinski definition) is 5. The van der Waals surface area contributed by atoms with Crippen LogP contribution in [0.3, 0.4) is 0 Å². The maximum Gasteiger partial charge on any atom is 0.219 e. The molecule has 0 radical (unpaired) electrons. The smallest absolute Gasteiger partial charge is 0.219 e. The molecule has 1 heterocycles. The molecule has 162 valence electrons. The maximum absolute atomic E-state index is 6.02. The van der Waals surface area contributed by atoms with Gasteiger partial charge in [0.05, 0.1) is 20.8 Å². The highest BCUT2D eigenvalue weighted by Gasteiger charge is 2.05. The van der Waals surface area contributed by atoms with Crippen molar-refractivity contribution in [2.24, 2.45) is 10.7 Å². The molecule has 2 aromatic carbocycles. The lowest BCUT2D eigenvalue weighted by Crippen LogP contribution is -2.31. The Morgan fingerprint density at radius 3 is 2.48 bits per heavy atom. The summed E-state index contributed by atoms with van der Waals surface area (Å²) >= 11 is 0. The van der Waals surface area contributed by atoms with Gasteiger partial charge in [0.25, 0.3) is 0 Å². The van der Waals surface area contributed by atoms with E-state index in [9.17, 15) is 0 Å². The zero-order valence-electron chi connectivity index (χ0n) is 18.3. The van der Waals surface area contributed by atoms with Crippen LogP contribution in [0.2, 0.25) is 0 Å². The van der Waals surface area contributed by atoms with Crippen LogP contribution in [-0.4, -0.2) is 25.2 Å². The normalized spacial score (nSPS) is 11.2. The number of rotatable bonds is 8. The number of guanidine groups is 1. The third kappa shape index (κ3) is 6.12. The lowest BCUT2D eigenvalue weighted by molar-refractivity contribution is 0.354. The number of methoxy groups -OCH3 is 2. The molecule has 31 heavy (non-hydrogen) atoms. The second-order valence-corrected chi connectivity index (χ2v) is 7.09. The summed E-state index contributed by atoms with van der Waals surface area (Å²) in [4.78, 5) is 8.68. The third-order valence-electron chi connectivity index (χ3n) is 4.85. The van der Waals surface area contributed by atoms with E-state index in [-0.39, 0.29) is 0 Å². The molecule has 0 saturated carbocycles. The molecule has 3 aromatic rings. The van der Waals surface area contributed by atoms with E-state index in [2.05, 4.69) is 29.1 Å². The van der Waals surface area contributed by atoms with Crippen molar-refractivity contribution < 1.29 is 14.2 Å². The van der Waals surface area contributed by atoms with Crippen LogP contribution in [0.4, 0.5) is 0 Å². The van der Waals surface area contributed by atoms with Crippen LogP contribution in [0.1, 0.15) is 22.3 Å². The van der Waals surface area contributed by atoms with Gasteiger partial charge in [-0.1, -0.05) is 12.1 Å². The topological polar surface area (TPSA) is 91.0 Å². The lowest BCUT2D eigenvalue weighted by Gasteiger charge is -2.10. The van der Waals surface area contributed by atoms with Gasteiger partial charge >= 0.3 is 0 Å². The molecule has 0 amide bonds. The van der Waals surface area contributed by atoms with Gasteiger partial charge in [-0.3, -0.25) is 0 Å². The number of hydrogen-bond donors (Lipinski definition) is 2. The van der Waals surface area contributed by atoms with Crippen molar-refractivity contribution in [1.82, 2.24) is 10.3 Å². The first-order chi connectivity index (χ1) is 15.0. The largest absolute Gasteiger partial charge is 0.493 e. The third-order valence-corrected chi connectivity index (χ3v) is 4.85. The predicted molar refractivity (Wildman–Crippen MR) is 122 cm³/mol.